The molecular formula is C7H3BrFO. The molecule has 51 valence electrons. The molecule has 0 aliphatic rings. The zero-order chi connectivity index (χ0) is 7.56. The van der Waals surface area contributed by atoms with Crippen molar-refractivity contribution in [2.45, 2.75) is 0 Å². The van der Waals surface area contributed by atoms with Gasteiger partial charge in [0.25, 0.3) is 0 Å². The van der Waals surface area contributed by atoms with Crippen molar-refractivity contribution in [2.24, 2.45) is 0 Å². The summed E-state index contributed by atoms with van der Waals surface area (Å²) in [4.78, 5) is 10.0. The van der Waals surface area contributed by atoms with Crippen LogP contribution in [0.1, 0.15) is 5.56 Å². The van der Waals surface area contributed by atoms with Crippen molar-refractivity contribution in [1.29, 1.82) is 0 Å². The summed E-state index contributed by atoms with van der Waals surface area (Å²) in [5, 5.41) is 0. The lowest BCUT2D eigenvalue weighted by Gasteiger charge is -1.92. The fraction of sp³-hybridized carbons (Fsp3) is 0. The molecule has 1 rings (SSSR count). The number of hydrogen-bond acceptors (Lipinski definition) is 1. The predicted molar refractivity (Wildman–Crippen MR) is 38.9 cm³/mol. The third-order valence-corrected chi connectivity index (χ3v) is 1.65. The third-order valence-electron chi connectivity index (χ3n) is 1.04. The van der Waals surface area contributed by atoms with Gasteiger partial charge in [0.2, 0.25) is 6.29 Å². The highest BCUT2D eigenvalue weighted by atomic mass is 79.9. The van der Waals surface area contributed by atoms with Crippen LogP contribution >= 0.6 is 15.9 Å². The third kappa shape index (κ3) is 1.42. The maximum atomic E-state index is 12.5. The molecule has 0 aliphatic heterocycles. The van der Waals surface area contributed by atoms with Gasteiger partial charge in [0.1, 0.15) is 5.82 Å². The molecular weight excluding hydrogens is 199 g/mol. The van der Waals surface area contributed by atoms with E-state index in [0.29, 0.717) is 5.56 Å². The van der Waals surface area contributed by atoms with E-state index in [1.807, 2.05) is 0 Å². The van der Waals surface area contributed by atoms with Gasteiger partial charge in [-0.2, -0.15) is 0 Å². The summed E-state index contributed by atoms with van der Waals surface area (Å²) in [6.07, 6.45) is 1.65. The maximum Gasteiger partial charge on any atom is 0.233 e. The minimum atomic E-state index is -0.376. The summed E-state index contributed by atoms with van der Waals surface area (Å²) in [6, 6.07) is 3.96. The van der Waals surface area contributed by atoms with Crippen LogP contribution in [0, 0.1) is 5.82 Å². The summed E-state index contributed by atoms with van der Waals surface area (Å²) < 4.78 is 12.7. The molecule has 0 unspecified atom stereocenters. The molecule has 1 nitrogen and oxygen atoms in total. The summed E-state index contributed by atoms with van der Waals surface area (Å²) in [6.45, 7) is 0. The lowest BCUT2D eigenvalue weighted by molar-refractivity contribution is 0.562. The van der Waals surface area contributed by atoms with Gasteiger partial charge in [0.05, 0.1) is 4.47 Å². The molecule has 0 N–H and O–H groups in total. The SMILES string of the molecule is O=[C]c1ccc(F)c(Br)c1. The zero-order valence-corrected chi connectivity index (χ0v) is 6.48. The molecule has 0 bridgehead atoms. The Morgan fingerprint density at radius 1 is 1.50 bits per heavy atom. The molecule has 0 aliphatic carbocycles. The van der Waals surface area contributed by atoms with Gasteiger partial charge in [-0.1, -0.05) is 0 Å². The molecule has 0 saturated heterocycles. The highest BCUT2D eigenvalue weighted by Gasteiger charge is 1.98. The number of halogens is 2. The Kier molecular flexibility index (Phi) is 2.17. The molecule has 1 aromatic rings. The zero-order valence-electron chi connectivity index (χ0n) is 4.90. The van der Waals surface area contributed by atoms with Crippen molar-refractivity contribution in [3.63, 3.8) is 0 Å². The summed E-state index contributed by atoms with van der Waals surface area (Å²) in [5.74, 6) is -0.376. The quantitative estimate of drug-likeness (QED) is 0.680. The number of carbonyl (C=O) groups excluding carboxylic acids is 1. The standard InChI is InChI=1S/C7H3BrFO/c8-6-3-5(4-10)1-2-7(6)9/h1-3H. The molecule has 0 spiro atoms. The molecule has 10 heavy (non-hydrogen) atoms. The predicted octanol–water partition coefficient (Wildman–Crippen LogP) is 2.05. The van der Waals surface area contributed by atoms with Crippen molar-refractivity contribution in [3.05, 3.63) is 34.1 Å². The van der Waals surface area contributed by atoms with Gasteiger partial charge < -0.3 is 0 Å². The minimum absolute atomic E-state index is 0.286. The van der Waals surface area contributed by atoms with E-state index in [1.165, 1.54) is 18.2 Å². The van der Waals surface area contributed by atoms with Crippen LogP contribution in [0.25, 0.3) is 0 Å². The van der Waals surface area contributed by atoms with Gasteiger partial charge in [-0.15, -0.1) is 0 Å². The second-order valence-electron chi connectivity index (χ2n) is 1.73. The van der Waals surface area contributed by atoms with Crippen LogP contribution in [0.2, 0.25) is 0 Å². The molecule has 0 amide bonds. The Bertz CT molecular complexity index is 260. The van der Waals surface area contributed by atoms with Crippen molar-refractivity contribution < 1.29 is 9.18 Å². The first kappa shape index (κ1) is 7.41. The van der Waals surface area contributed by atoms with Gasteiger partial charge in [0.15, 0.2) is 0 Å². The molecule has 0 fully saturated rings. The monoisotopic (exact) mass is 201 g/mol. The summed E-state index contributed by atoms with van der Waals surface area (Å²) in [7, 11) is 0. The highest BCUT2D eigenvalue weighted by molar-refractivity contribution is 9.10. The van der Waals surface area contributed by atoms with Crippen LogP contribution in [0.4, 0.5) is 4.39 Å². The number of benzene rings is 1. The fourth-order valence-electron chi connectivity index (χ4n) is 0.560. The van der Waals surface area contributed by atoms with E-state index < -0.39 is 0 Å². The van der Waals surface area contributed by atoms with Gasteiger partial charge in [-0.05, 0) is 34.1 Å². The number of hydrogen-bond donors (Lipinski definition) is 0. The molecule has 0 atom stereocenters. The van der Waals surface area contributed by atoms with Crippen LogP contribution in [-0.2, 0) is 4.79 Å². The Hall–Kier alpha value is -0.700. The van der Waals surface area contributed by atoms with Gasteiger partial charge in [-0.25, -0.2) is 4.39 Å². The maximum absolute atomic E-state index is 12.5. The largest absolute Gasteiger partial charge is 0.285 e. The van der Waals surface area contributed by atoms with E-state index in [-0.39, 0.29) is 10.3 Å². The second-order valence-corrected chi connectivity index (χ2v) is 2.59. The van der Waals surface area contributed by atoms with Crippen LogP contribution in [0.15, 0.2) is 22.7 Å². The first-order chi connectivity index (χ1) is 4.74. The Balaban J connectivity index is 3.16. The highest BCUT2D eigenvalue weighted by Crippen LogP contribution is 2.15. The average Bonchev–Trinajstić information content (AvgIpc) is 1.95. The van der Waals surface area contributed by atoms with E-state index >= 15 is 0 Å². The first-order valence-electron chi connectivity index (χ1n) is 2.57. The lowest BCUT2D eigenvalue weighted by atomic mass is 10.2. The van der Waals surface area contributed by atoms with Crippen LogP contribution in [-0.4, -0.2) is 6.29 Å². The molecule has 0 aromatic heterocycles. The van der Waals surface area contributed by atoms with E-state index in [2.05, 4.69) is 15.9 Å². The van der Waals surface area contributed by atoms with Crippen LogP contribution < -0.4 is 0 Å². The minimum Gasteiger partial charge on any atom is -0.285 e. The smallest absolute Gasteiger partial charge is 0.233 e. The molecule has 1 aromatic carbocycles. The van der Waals surface area contributed by atoms with Gasteiger partial charge in [0, 0.05) is 5.56 Å². The van der Waals surface area contributed by atoms with Crippen LogP contribution in [0.5, 0.6) is 0 Å². The Morgan fingerprint density at radius 2 is 2.20 bits per heavy atom. The van der Waals surface area contributed by atoms with Gasteiger partial charge in [-0.3, -0.25) is 4.79 Å². The molecule has 0 heterocycles. The molecule has 3 heteroatoms. The van der Waals surface area contributed by atoms with E-state index in [1.54, 1.807) is 6.29 Å². The summed E-state index contributed by atoms with van der Waals surface area (Å²) >= 11 is 2.93. The van der Waals surface area contributed by atoms with Crippen molar-refractivity contribution in [3.8, 4) is 0 Å². The Morgan fingerprint density at radius 3 is 2.70 bits per heavy atom. The Labute approximate surface area is 66.0 Å². The first-order valence-corrected chi connectivity index (χ1v) is 3.36. The van der Waals surface area contributed by atoms with Crippen molar-refractivity contribution >= 4 is 22.2 Å². The second kappa shape index (κ2) is 2.92. The lowest BCUT2D eigenvalue weighted by Crippen LogP contribution is -1.82. The van der Waals surface area contributed by atoms with Gasteiger partial charge >= 0.3 is 0 Å². The number of rotatable bonds is 1. The van der Waals surface area contributed by atoms with E-state index in [9.17, 15) is 9.18 Å². The topological polar surface area (TPSA) is 17.1 Å². The molecule has 1 radical (unpaired) electrons. The van der Waals surface area contributed by atoms with Crippen molar-refractivity contribution in [2.75, 3.05) is 0 Å². The van der Waals surface area contributed by atoms with E-state index in [4.69, 9.17) is 0 Å². The summed E-state index contributed by atoms with van der Waals surface area (Å²) in [5.41, 5.74) is 0.341. The normalized spacial score (nSPS) is 9.40. The van der Waals surface area contributed by atoms with Crippen molar-refractivity contribution in [1.82, 2.24) is 0 Å². The molecule has 0 saturated carbocycles. The fourth-order valence-corrected chi connectivity index (χ4v) is 0.938. The van der Waals surface area contributed by atoms with Crippen LogP contribution in [0.3, 0.4) is 0 Å². The van der Waals surface area contributed by atoms with E-state index in [0.717, 1.165) is 0 Å². The average molecular weight is 202 g/mol.